The maximum atomic E-state index is 13.2. The summed E-state index contributed by atoms with van der Waals surface area (Å²) in [6, 6.07) is 5.43. The number of nitrogens with one attached hydrogen (secondary N) is 3. The first-order valence-corrected chi connectivity index (χ1v) is 11.4. The smallest absolute Gasteiger partial charge is 0.274 e. The highest BCUT2D eigenvalue weighted by Crippen LogP contribution is 2.34. The van der Waals surface area contributed by atoms with Crippen LogP contribution in [0, 0.1) is 0 Å². The first kappa shape index (κ1) is 21.4. The molecule has 0 bridgehead atoms. The third kappa shape index (κ3) is 4.30. The van der Waals surface area contributed by atoms with E-state index in [-0.39, 0.29) is 23.6 Å². The summed E-state index contributed by atoms with van der Waals surface area (Å²) in [5.41, 5.74) is 0.233. The van der Waals surface area contributed by atoms with Crippen LogP contribution in [0.3, 0.4) is 0 Å². The number of anilines is 3. The summed E-state index contributed by atoms with van der Waals surface area (Å²) in [4.78, 5) is 30.5. The second kappa shape index (κ2) is 8.18. The number of amides is 1. The maximum Gasteiger partial charge on any atom is 0.274 e. The van der Waals surface area contributed by atoms with Gasteiger partial charge < -0.3 is 25.6 Å². The summed E-state index contributed by atoms with van der Waals surface area (Å²) in [7, 11) is 1.76. The van der Waals surface area contributed by atoms with Crippen LogP contribution in [0.5, 0.6) is 0 Å². The van der Waals surface area contributed by atoms with Gasteiger partial charge in [-0.25, -0.2) is 4.98 Å². The number of nitrogens with zero attached hydrogens (tertiary/aromatic N) is 4. The quantitative estimate of drug-likeness (QED) is 0.453. The molecule has 0 saturated heterocycles. The molecule has 3 aromatic heterocycles. The van der Waals surface area contributed by atoms with Crippen molar-refractivity contribution in [3.63, 3.8) is 0 Å². The van der Waals surface area contributed by atoms with Crippen LogP contribution in [0.15, 0.2) is 35.4 Å². The van der Waals surface area contributed by atoms with E-state index in [1.54, 1.807) is 34.5 Å². The summed E-state index contributed by atoms with van der Waals surface area (Å²) < 4.78 is 3.27. The second-order valence-corrected chi connectivity index (χ2v) is 9.32. The van der Waals surface area contributed by atoms with E-state index in [0.29, 0.717) is 35.0 Å². The number of pyridine rings is 1. The Bertz CT molecular complexity index is 1260. The zero-order valence-corrected chi connectivity index (χ0v) is 18.8. The molecule has 10 nitrogen and oxygen atoms in total. The Kier molecular flexibility index (Phi) is 5.32. The van der Waals surface area contributed by atoms with Crippen molar-refractivity contribution in [2.75, 3.05) is 17.7 Å². The van der Waals surface area contributed by atoms with Crippen LogP contribution >= 0.6 is 0 Å². The van der Waals surface area contributed by atoms with Crippen molar-refractivity contribution in [2.45, 2.75) is 63.1 Å². The van der Waals surface area contributed by atoms with Crippen molar-refractivity contribution in [3.8, 4) is 0 Å². The zero-order valence-electron chi connectivity index (χ0n) is 18.8. The molecule has 2 fully saturated rings. The van der Waals surface area contributed by atoms with Gasteiger partial charge in [-0.2, -0.15) is 9.61 Å². The minimum absolute atomic E-state index is 0.0566. The van der Waals surface area contributed by atoms with Gasteiger partial charge in [0.2, 0.25) is 0 Å². The second-order valence-electron chi connectivity index (χ2n) is 9.32. The van der Waals surface area contributed by atoms with E-state index < -0.39 is 5.60 Å². The fraction of sp³-hybridized carbons (Fsp3) is 0.478. The molecule has 5 rings (SSSR count). The number of carbonyl (C=O) groups excluding carboxylic acids is 1. The summed E-state index contributed by atoms with van der Waals surface area (Å²) in [5, 5.41) is 23.9. The van der Waals surface area contributed by atoms with E-state index in [1.165, 1.54) is 6.20 Å². The Morgan fingerprint density at radius 2 is 2.12 bits per heavy atom. The Morgan fingerprint density at radius 3 is 2.85 bits per heavy atom. The summed E-state index contributed by atoms with van der Waals surface area (Å²) in [5.74, 6) is 0.858. The van der Waals surface area contributed by atoms with Crippen LogP contribution in [0.1, 0.15) is 61.8 Å². The maximum absolute atomic E-state index is 13.2. The van der Waals surface area contributed by atoms with Crippen molar-refractivity contribution in [1.82, 2.24) is 24.5 Å². The van der Waals surface area contributed by atoms with Gasteiger partial charge >= 0.3 is 0 Å². The van der Waals surface area contributed by atoms with Gasteiger partial charge in [-0.1, -0.05) is 0 Å². The number of hydrogen-bond acceptors (Lipinski definition) is 7. The van der Waals surface area contributed by atoms with E-state index in [0.717, 1.165) is 32.1 Å². The fourth-order valence-corrected chi connectivity index (χ4v) is 4.55. The molecule has 1 amide bonds. The molecule has 0 spiro atoms. The average Bonchev–Trinajstić information content (AvgIpc) is 3.49. The van der Waals surface area contributed by atoms with Crippen LogP contribution in [0.2, 0.25) is 0 Å². The van der Waals surface area contributed by atoms with Gasteiger partial charge in [0.15, 0.2) is 5.65 Å². The highest BCUT2D eigenvalue weighted by atomic mass is 16.3. The van der Waals surface area contributed by atoms with Gasteiger partial charge in [-0.05, 0) is 57.6 Å². The molecular formula is C23H29N7O3. The SMILES string of the molecule is CNc1cc(Nc2cccn(C3CCCC(C)(O)C3)c2=O)nc2c(C(=O)NC3CC3)cnn12. The summed E-state index contributed by atoms with van der Waals surface area (Å²) in [6.07, 6.45) is 8.27. The van der Waals surface area contributed by atoms with Gasteiger partial charge in [-0.15, -0.1) is 0 Å². The van der Waals surface area contributed by atoms with E-state index in [2.05, 4.69) is 26.0 Å². The highest BCUT2D eigenvalue weighted by Gasteiger charge is 2.31. The minimum atomic E-state index is -0.764. The lowest BCUT2D eigenvalue weighted by molar-refractivity contribution is 0.00334. The van der Waals surface area contributed by atoms with Crippen molar-refractivity contribution >= 4 is 28.9 Å². The molecule has 2 unspecified atom stereocenters. The zero-order chi connectivity index (χ0) is 23.2. The van der Waals surface area contributed by atoms with Crippen molar-refractivity contribution < 1.29 is 9.90 Å². The minimum Gasteiger partial charge on any atom is -0.390 e. The van der Waals surface area contributed by atoms with E-state index >= 15 is 0 Å². The van der Waals surface area contributed by atoms with Gasteiger partial charge in [0.1, 0.15) is 22.9 Å². The number of rotatable bonds is 6. The number of fused-ring (bicyclic) bond motifs is 1. The largest absolute Gasteiger partial charge is 0.390 e. The molecule has 0 aromatic carbocycles. The van der Waals surface area contributed by atoms with E-state index in [4.69, 9.17) is 0 Å². The normalized spacial score (nSPS) is 22.8. The van der Waals surface area contributed by atoms with Crippen LogP contribution in [0.25, 0.3) is 5.65 Å². The lowest BCUT2D eigenvalue weighted by Gasteiger charge is -2.34. The molecule has 2 saturated carbocycles. The Morgan fingerprint density at radius 1 is 1.30 bits per heavy atom. The summed E-state index contributed by atoms with van der Waals surface area (Å²) in [6.45, 7) is 1.83. The molecule has 3 heterocycles. The molecule has 10 heteroatoms. The fourth-order valence-electron chi connectivity index (χ4n) is 4.55. The molecular weight excluding hydrogens is 422 g/mol. The standard InChI is InChI=1S/C23H29N7O3/c1-23(33)9-3-5-15(12-23)29-10-4-6-17(22(29)32)27-18-11-19(24-2)30-20(28-18)16(13-25-30)21(31)26-14-7-8-14/h4,6,10-11,13-15,24,33H,3,5,7-9,12H2,1-2H3,(H,26,31)(H,27,28). The molecule has 3 aromatic rings. The van der Waals surface area contributed by atoms with Crippen LogP contribution in [0.4, 0.5) is 17.3 Å². The number of aliphatic hydroxyl groups is 1. The van der Waals surface area contributed by atoms with Crippen molar-refractivity contribution in [2.24, 2.45) is 0 Å². The first-order valence-electron chi connectivity index (χ1n) is 11.4. The third-order valence-electron chi connectivity index (χ3n) is 6.44. The Balaban J connectivity index is 1.47. The lowest BCUT2D eigenvalue weighted by atomic mass is 9.83. The molecule has 2 aliphatic carbocycles. The molecule has 0 aliphatic heterocycles. The van der Waals surface area contributed by atoms with Gasteiger partial charge in [0.05, 0.1) is 11.8 Å². The monoisotopic (exact) mass is 451 g/mol. The van der Waals surface area contributed by atoms with Gasteiger partial charge in [-0.3, -0.25) is 9.59 Å². The average molecular weight is 452 g/mol. The van der Waals surface area contributed by atoms with Crippen LogP contribution in [-0.4, -0.2) is 48.9 Å². The Hall–Kier alpha value is -3.40. The molecule has 174 valence electrons. The van der Waals surface area contributed by atoms with Crippen LogP contribution < -0.4 is 21.5 Å². The lowest BCUT2D eigenvalue weighted by Crippen LogP contribution is -2.36. The first-order chi connectivity index (χ1) is 15.8. The molecule has 0 radical (unpaired) electrons. The molecule has 4 N–H and O–H groups in total. The van der Waals surface area contributed by atoms with Gasteiger partial charge in [0.25, 0.3) is 11.5 Å². The topological polar surface area (TPSA) is 126 Å². The molecule has 33 heavy (non-hydrogen) atoms. The van der Waals surface area contributed by atoms with E-state index in [9.17, 15) is 14.7 Å². The molecule has 2 atom stereocenters. The number of carbonyl (C=O) groups is 1. The Labute approximate surface area is 191 Å². The number of aromatic nitrogens is 4. The predicted octanol–water partition coefficient (Wildman–Crippen LogP) is 2.43. The van der Waals surface area contributed by atoms with E-state index in [1.807, 2.05) is 13.0 Å². The van der Waals surface area contributed by atoms with Crippen LogP contribution in [-0.2, 0) is 0 Å². The van der Waals surface area contributed by atoms with Gasteiger partial charge in [0, 0.05) is 31.4 Å². The van der Waals surface area contributed by atoms with Crippen molar-refractivity contribution in [3.05, 3.63) is 46.5 Å². The summed E-state index contributed by atoms with van der Waals surface area (Å²) >= 11 is 0. The predicted molar refractivity (Wildman–Crippen MR) is 125 cm³/mol. The third-order valence-corrected chi connectivity index (χ3v) is 6.44. The highest BCUT2D eigenvalue weighted by molar-refractivity contribution is 6.00. The molecule has 2 aliphatic rings. The number of hydrogen-bond donors (Lipinski definition) is 4. The van der Waals surface area contributed by atoms with Crippen molar-refractivity contribution in [1.29, 1.82) is 0 Å².